The summed E-state index contributed by atoms with van der Waals surface area (Å²) in [7, 11) is 4.07. The molecule has 21 heavy (non-hydrogen) atoms. The molecule has 0 aromatic carbocycles. The minimum atomic E-state index is -0.120. The first-order valence-electron chi connectivity index (χ1n) is 7.48. The van der Waals surface area contributed by atoms with Crippen LogP contribution in [-0.4, -0.2) is 55.6 Å². The van der Waals surface area contributed by atoms with Crippen LogP contribution in [0.5, 0.6) is 0 Å². The Morgan fingerprint density at radius 2 is 2.14 bits per heavy atom. The topological polar surface area (TPSA) is 74.5 Å². The van der Waals surface area contributed by atoms with Crippen molar-refractivity contribution in [3.8, 4) is 0 Å². The molecule has 1 aliphatic rings. The SMILES string of the molecule is CCCN(C)c1nc(N)c(C(=O)NCCN(C)C2CC2)s1. The first-order chi connectivity index (χ1) is 10.0. The monoisotopic (exact) mass is 311 g/mol. The van der Waals surface area contributed by atoms with Crippen LogP contribution in [0.15, 0.2) is 0 Å². The molecular formula is C14H25N5OS. The van der Waals surface area contributed by atoms with Crippen molar-refractivity contribution >= 4 is 28.2 Å². The third-order valence-electron chi connectivity index (χ3n) is 3.65. The fourth-order valence-corrected chi connectivity index (χ4v) is 3.09. The van der Waals surface area contributed by atoms with Crippen LogP contribution in [0.25, 0.3) is 0 Å². The Kier molecular flexibility index (Phi) is 5.41. The quantitative estimate of drug-likeness (QED) is 0.759. The number of hydrogen-bond donors (Lipinski definition) is 2. The second-order valence-electron chi connectivity index (χ2n) is 5.60. The first kappa shape index (κ1) is 16.0. The van der Waals surface area contributed by atoms with Gasteiger partial charge < -0.3 is 20.9 Å². The molecule has 1 heterocycles. The van der Waals surface area contributed by atoms with Crippen molar-refractivity contribution in [2.75, 3.05) is 44.4 Å². The zero-order valence-corrected chi connectivity index (χ0v) is 13.9. The molecule has 1 aromatic heterocycles. The molecule has 1 saturated carbocycles. The molecule has 7 heteroatoms. The average molecular weight is 311 g/mol. The van der Waals surface area contributed by atoms with Gasteiger partial charge in [-0.15, -0.1) is 0 Å². The average Bonchev–Trinajstić information content (AvgIpc) is 3.21. The standard InChI is InChI=1S/C14H25N5OS/c1-4-8-19(3)14-17-12(15)11(21-14)13(20)16-7-9-18(2)10-5-6-10/h10H,4-9,15H2,1-3H3,(H,16,20). The summed E-state index contributed by atoms with van der Waals surface area (Å²) in [5, 5.41) is 3.73. The molecule has 6 nitrogen and oxygen atoms in total. The van der Waals surface area contributed by atoms with Crippen LogP contribution >= 0.6 is 11.3 Å². The van der Waals surface area contributed by atoms with Crippen LogP contribution in [0.4, 0.5) is 10.9 Å². The molecule has 0 atom stereocenters. The number of hydrogen-bond acceptors (Lipinski definition) is 6. The van der Waals surface area contributed by atoms with Crippen molar-refractivity contribution < 1.29 is 4.79 Å². The molecule has 0 saturated heterocycles. The van der Waals surface area contributed by atoms with Gasteiger partial charge >= 0.3 is 0 Å². The molecule has 0 unspecified atom stereocenters. The lowest BCUT2D eigenvalue weighted by Gasteiger charge is -2.15. The van der Waals surface area contributed by atoms with E-state index in [4.69, 9.17) is 5.73 Å². The van der Waals surface area contributed by atoms with Crippen molar-refractivity contribution in [3.05, 3.63) is 4.88 Å². The number of aromatic nitrogens is 1. The fourth-order valence-electron chi connectivity index (χ4n) is 2.20. The summed E-state index contributed by atoms with van der Waals surface area (Å²) < 4.78 is 0. The van der Waals surface area contributed by atoms with E-state index in [2.05, 4.69) is 29.2 Å². The lowest BCUT2D eigenvalue weighted by atomic mass is 10.4. The second kappa shape index (κ2) is 7.09. The van der Waals surface area contributed by atoms with E-state index in [1.54, 1.807) is 0 Å². The zero-order chi connectivity index (χ0) is 15.4. The van der Waals surface area contributed by atoms with Crippen molar-refractivity contribution in [1.29, 1.82) is 0 Å². The van der Waals surface area contributed by atoms with E-state index in [0.717, 1.165) is 24.6 Å². The Hall–Kier alpha value is -1.34. The summed E-state index contributed by atoms with van der Waals surface area (Å²) in [6.07, 6.45) is 3.59. The molecule has 3 N–H and O–H groups in total. The van der Waals surface area contributed by atoms with E-state index >= 15 is 0 Å². The summed E-state index contributed by atoms with van der Waals surface area (Å²) in [6, 6.07) is 0.713. The van der Waals surface area contributed by atoms with E-state index in [1.165, 1.54) is 24.2 Å². The fraction of sp³-hybridized carbons (Fsp3) is 0.714. The molecule has 1 aliphatic carbocycles. The molecule has 0 bridgehead atoms. The van der Waals surface area contributed by atoms with Gasteiger partial charge in [0.25, 0.3) is 5.91 Å². The van der Waals surface area contributed by atoms with E-state index in [9.17, 15) is 4.79 Å². The van der Waals surface area contributed by atoms with Gasteiger partial charge in [-0.2, -0.15) is 0 Å². The van der Waals surface area contributed by atoms with Gasteiger partial charge in [0.1, 0.15) is 10.7 Å². The van der Waals surface area contributed by atoms with Crippen LogP contribution in [0, 0.1) is 0 Å². The predicted octanol–water partition coefficient (Wildman–Crippen LogP) is 1.40. The molecule has 1 fully saturated rings. The van der Waals surface area contributed by atoms with Crippen LogP contribution in [-0.2, 0) is 0 Å². The maximum atomic E-state index is 12.2. The van der Waals surface area contributed by atoms with Crippen LogP contribution in [0.1, 0.15) is 35.9 Å². The molecule has 1 aromatic rings. The first-order valence-corrected chi connectivity index (χ1v) is 8.30. The van der Waals surface area contributed by atoms with Gasteiger partial charge in [-0.1, -0.05) is 18.3 Å². The van der Waals surface area contributed by atoms with E-state index in [1.807, 2.05) is 11.9 Å². The number of carbonyl (C=O) groups excluding carboxylic acids is 1. The molecule has 0 aliphatic heterocycles. The highest BCUT2D eigenvalue weighted by Gasteiger charge is 2.25. The largest absolute Gasteiger partial charge is 0.382 e. The number of nitrogens with two attached hydrogens (primary N) is 1. The van der Waals surface area contributed by atoms with Gasteiger partial charge in [-0.25, -0.2) is 4.98 Å². The van der Waals surface area contributed by atoms with Gasteiger partial charge in [-0.05, 0) is 26.3 Å². The van der Waals surface area contributed by atoms with Gasteiger partial charge in [0, 0.05) is 32.7 Å². The molecule has 1 amide bonds. The number of thiazole rings is 1. The Balaban J connectivity index is 1.86. The number of nitrogens with zero attached hydrogens (tertiary/aromatic N) is 3. The highest BCUT2D eigenvalue weighted by atomic mass is 32.1. The molecular weight excluding hydrogens is 286 g/mol. The van der Waals surface area contributed by atoms with Crippen LogP contribution in [0.2, 0.25) is 0 Å². The maximum Gasteiger partial charge on any atom is 0.265 e. The normalized spacial score (nSPS) is 14.5. The van der Waals surface area contributed by atoms with Crippen molar-refractivity contribution in [2.24, 2.45) is 0 Å². The number of rotatable bonds is 8. The Bertz CT molecular complexity index is 486. The molecule has 0 spiro atoms. The summed E-state index contributed by atoms with van der Waals surface area (Å²) in [5.41, 5.74) is 5.87. The number of nitrogen functional groups attached to an aromatic ring is 1. The van der Waals surface area contributed by atoms with Gasteiger partial charge in [0.2, 0.25) is 0 Å². The Morgan fingerprint density at radius 1 is 1.43 bits per heavy atom. The van der Waals surface area contributed by atoms with Crippen molar-refractivity contribution in [1.82, 2.24) is 15.2 Å². The second-order valence-corrected chi connectivity index (χ2v) is 6.58. The summed E-state index contributed by atoms with van der Waals surface area (Å²) >= 11 is 1.36. The summed E-state index contributed by atoms with van der Waals surface area (Å²) in [6.45, 7) is 4.53. The number of likely N-dealkylation sites (N-methyl/N-ethyl adjacent to an activating group) is 1. The molecule has 118 valence electrons. The van der Waals surface area contributed by atoms with E-state index in [-0.39, 0.29) is 5.91 Å². The maximum absolute atomic E-state index is 12.2. The van der Waals surface area contributed by atoms with Gasteiger partial charge in [0.05, 0.1) is 0 Å². The lowest BCUT2D eigenvalue weighted by Crippen LogP contribution is -2.33. The van der Waals surface area contributed by atoms with E-state index < -0.39 is 0 Å². The Labute approximate surface area is 130 Å². The van der Waals surface area contributed by atoms with Crippen molar-refractivity contribution in [2.45, 2.75) is 32.2 Å². The molecule has 2 rings (SSSR count). The highest BCUT2D eigenvalue weighted by Crippen LogP contribution is 2.27. The minimum absolute atomic E-state index is 0.120. The van der Waals surface area contributed by atoms with Gasteiger partial charge in [-0.3, -0.25) is 4.79 Å². The van der Waals surface area contributed by atoms with Crippen molar-refractivity contribution in [3.63, 3.8) is 0 Å². The van der Waals surface area contributed by atoms with Crippen LogP contribution in [0.3, 0.4) is 0 Å². The summed E-state index contributed by atoms with van der Waals surface area (Å²) in [5.74, 6) is 0.205. The third-order valence-corrected chi connectivity index (χ3v) is 4.84. The predicted molar refractivity (Wildman–Crippen MR) is 88.1 cm³/mol. The van der Waals surface area contributed by atoms with E-state index in [0.29, 0.717) is 23.3 Å². The Morgan fingerprint density at radius 3 is 2.76 bits per heavy atom. The van der Waals surface area contributed by atoms with Gasteiger partial charge in [0.15, 0.2) is 5.13 Å². The molecule has 0 radical (unpaired) electrons. The minimum Gasteiger partial charge on any atom is -0.382 e. The van der Waals surface area contributed by atoms with Crippen LogP contribution < -0.4 is 16.0 Å². The number of nitrogens with one attached hydrogen (secondary N) is 1. The number of amides is 1. The number of carbonyl (C=O) groups is 1. The third kappa shape index (κ3) is 4.31. The zero-order valence-electron chi connectivity index (χ0n) is 13.1. The number of anilines is 2. The lowest BCUT2D eigenvalue weighted by molar-refractivity contribution is 0.0954. The highest BCUT2D eigenvalue weighted by molar-refractivity contribution is 7.18. The smallest absolute Gasteiger partial charge is 0.265 e. The summed E-state index contributed by atoms with van der Waals surface area (Å²) in [4.78, 5) is 21.3.